The van der Waals surface area contributed by atoms with Gasteiger partial charge in [0, 0.05) is 7.05 Å². The Hall–Kier alpha value is -2.03. The summed E-state index contributed by atoms with van der Waals surface area (Å²) in [4.78, 5) is 4.04. The minimum atomic E-state index is -4.45. The van der Waals surface area contributed by atoms with Crippen LogP contribution in [0.15, 0.2) is 12.1 Å². The van der Waals surface area contributed by atoms with Gasteiger partial charge < -0.3 is 15.2 Å². The third kappa shape index (κ3) is 3.35. The lowest BCUT2D eigenvalue weighted by Gasteiger charge is -2.19. The number of aliphatic hydroxyl groups is 1. The molecule has 2 heterocycles. The Kier molecular flexibility index (Phi) is 3.70. The van der Waals surface area contributed by atoms with Gasteiger partial charge in [-0.05, 0) is 26.0 Å². The molecule has 9 heteroatoms. The highest BCUT2D eigenvalue weighted by atomic mass is 19.4. The first-order chi connectivity index (χ1) is 9.62. The molecule has 0 aromatic carbocycles. The lowest BCUT2D eigenvalue weighted by Crippen LogP contribution is -2.22. The summed E-state index contributed by atoms with van der Waals surface area (Å²) >= 11 is 0. The lowest BCUT2D eigenvalue weighted by atomic mass is 10.0. The van der Waals surface area contributed by atoms with Crippen LogP contribution >= 0.6 is 0 Å². The molecular weight excluding hydrogens is 289 g/mol. The Morgan fingerprint density at radius 1 is 1.33 bits per heavy atom. The van der Waals surface area contributed by atoms with E-state index in [1.165, 1.54) is 16.6 Å². The van der Waals surface area contributed by atoms with Gasteiger partial charge >= 0.3 is 6.18 Å². The van der Waals surface area contributed by atoms with Crippen molar-refractivity contribution in [1.82, 2.24) is 14.6 Å². The molecule has 0 unspecified atom stereocenters. The molecule has 2 N–H and O–H groups in total. The number of nitrogens with zero attached hydrogens (tertiary/aromatic N) is 3. The molecule has 2 aromatic heterocycles. The second-order valence-electron chi connectivity index (χ2n) is 4.97. The van der Waals surface area contributed by atoms with Crippen LogP contribution in [0.4, 0.5) is 19.1 Å². The second-order valence-corrected chi connectivity index (χ2v) is 4.97. The normalized spacial score (nSPS) is 12.7. The van der Waals surface area contributed by atoms with E-state index in [1.807, 2.05) is 0 Å². The Morgan fingerprint density at radius 3 is 2.52 bits per heavy atom. The van der Waals surface area contributed by atoms with E-state index in [1.54, 1.807) is 20.9 Å². The van der Waals surface area contributed by atoms with E-state index in [4.69, 9.17) is 4.74 Å². The molecule has 2 aromatic rings. The highest BCUT2D eigenvalue weighted by molar-refractivity contribution is 5.57. The standard InChI is InChI=1S/C12H15F3N4O2/c1-11(2,20)8-5-4-7(21-6-12(13,14)15)9-17-10(16-3)18-19(8)9/h4-5,20H,6H2,1-3H3,(H,16,18). The molecule has 0 bridgehead atoms. The predicted molar refractivity (Wildman–Crippen MR) is 69.3 cm³/mol. The van der Waals surface area contributed by atoms with Gasteiger partial charge in [0.1, 0.15) is 5.60 Å². The molecule has 0 aliphatic carbocycles. The van der Waals surface area contributed by atoms with Crippen molar-refractivity contribution in [3.8, 4) is 5.75 Å². The Bertz CT molecular complexity index is 646. The van der Waals surface area contributed by atoms with Gasteiger partial charge in [0.05, 0.1) is 5.69 Å². The summed E-state index contributed by atoms with van der Waals surface area (Å²) in [7, 11) is 1.58. The average molecular weight is 304 g/mol. The van der Waals surface area contributed by atoms with Crippen LogP contribution in [-0.4, -0.2) is 39.5 Å². The summed E-state index contributed by atoms with van der Waals surface area (Å²) in [5, 5.41) is 16.9. The first-order valence-electron chi connectivity index (χ1n) is 6.12. The average Bonchev–Trinajstić information content (AvgIpc) is 2.77. The van der Waals surface area contributed by atoms with Crippen molar-refractivity contribution >= 4 is 11.6 Å². The number of rotatable bonds is 4. The van der Waals surface area contributed by atoms with Gasteiger partial charge in [0.2, 0.25) is 5.95 Å². The molecule has 0 aliphatic rings. The molecule has 0 saturated heterocycles. The van der Waals surface area contributed by atoms with Gasteiger partial charge in [-0.25, -0.2) is 4.52 Å². The minimum Gasteiger partial charge on any atom is -0.480 e. The van der Waals surface area contributed by atoms with Crippen molar-refractivity contribution in [3.05, 3.63) is 17.8 Å². The molecule has 0 amide bonds. The van der Waals surface area contributed by atoms with Crippen LogP contribution in [0.25, 0.3) is 5.65 Å². The van der Waals surface area contributed by atoms with Crippen molar-refractivity contribution < 1.29 is 23.0 Å². The summed E-state index contributed by atoms with van der Waals surface area (Å²) in [6.45, 7) is 1.66. The van der Waals surface area contributed by atoms with Gasteiger partial charge in [-0.15, -0.1) is 5.10 Å². The molecule has 0 fully saturated rings. The highest BCUT2D eigenvalue weighted by Gasteiger charge is 2.30. The lowest BCUT2D eigenvalue weighted by molar-refractivity contribution is -0.153. The molecule has 0 spiro atoms. The summed E-state index contributed by atoms with van der Waals surface area (Å²) in [6, 6.07) is 2.79. The molecule has 2 rings (SSSR count). The third-order valence-corrected chi connectivity index (χ3v) is 2.69. The van der Waals surface area contributed by atoms with Crippen LogP contribution in [0.1, 0.15) is 19.5 Å². The first-order valence-corrected chi connectivity index (χ1v) is 6.12. The van der Waals surface area contributed by atoms with Gasteiger partial charge in [0.25, 0.3) is 0 Å². The highest BCUT2D eigenvalue weighted by Crippen LogP contribution is 2.28. The van der Waals surface area contributed by atoms with E-state index < -0.39 is 18.4 Å². The number of hydrogen-bond acceptors (Lipinski definition) is 5. The smallest absolute Gasteiger partial charge is 0.422 e. The zero-order valence-electron chi connectivity index (χ0n) is 11.7. The Balaban J connectivity index is 2.51. The number of ether oxygens (including phenoxy) is 1. The number of aromatic nitrogens is 3. The van der Waals surface area contributed by atoms with Crippen molar-refractivity contribution in [2.75, 3.05) is 19.0 Å². The van der Waals surface area contributed by atoms with Gasteiger partial charge in [-0.2, -0.15) is 18.2 Å². The molecule has 6 nitrogen and oxygen atoms in total. The molecule has 116 valence electrons. The SMILES string of the molecule is CNc1nc2c(OCC(F)(F)F)ccc(C(C)(C)O)n2n1. The van der Waals surface area contributed by atoms with Crippen LogP contribution in [0.2, 0.25) is 0 Å². The van der Waals surface area contributed by atoms with Gasteiger partial charge in [0.15, 0.2) is 18.0 Å². The van der Waals surface area contributed by atoms with E-state index in [9.17, 15) is 18.3 Å². The summed E-state index contributed by atoms with van der Waals surface area (Å²) in [6.07, 6.45) is -4.45. The number of hydrogen-bond donors (Lipinski definition) is 2. The summed E-state index contributed by atoms with van der Waals surface area (Å²) in [5.74, 6) is 0.151. The van der Waals surface area contributed by atoms with Crippen LogP contribution in [0, 0.1) is 0 Å². The minimum absolute atomic E-state index is 0.0608. The Labute approximate surface area is 118 Å². The van der Waals surface area contributed by atoms with Crippen LogP contribution < -0.4 is 10.1 Å². The van der Waals surface area contributed by atoms with Crippen LogP contribution in [0.5, 0.6) is 5.75 Å². The fraction of sp³-hybridized carbons (Fsp3) is 0.500. The first kappa shape index (κ1) is 15.4. The van der Waals surface area contributed by atoms with Crippen LogP contribution in [0.3, 0.4) is 0 Å². The number of nitrogens with one attached hydrogen (secondary N) is 1. The fourth-order valence-corrected chi connectivity index (χ4v) is 1.78. The second kappa shape index (κ2) is 5.06. The fourth-order valence-electron chi connectivity index (χ4n) is 1.78. The summed E-state index contributed by atoms with van der Waals surface area (Å²) < 4.78 is 42.8. The molecule has 0 aliphatic heterocycles. The maximum Gasteiger partial charge on any atom is 0.422 e. The Morgan fingerprint density at radius 2 is 2.00 bits per heavy atom. The third-order valence-electron chi connectivity index (χ3n) is 2.69. The zero-order valence-corrected chi connectivity index (χ0v) is 11.7. The van der Waals surface area contributed by atoms with E-state index >= 15 is 0 Å². The molecular formula is C12H15F3N4O2. The number of alkyl halides is 3. The number of anilines is 1. The molecule has 0 atom stereocenters. The van der Waals surface area contributed by atoms with Crippen LogP contribution in [-0.2, 0) is 5.60 Å². The van der Waals surface area contributed by atoms with Crippen molar-refractivity contribution in [2.24, 2.45) is 0 Å². The number of fused-ring (bicyclic) bond motifs is 1. The van der Waals surface area contributed by atoms with Crippen molar-refractivity contribution in [2.45, 2.75) is 25.6 Å². The monoisotopic (exact) mass is 304 g/mol. The maximum absolute atomic E-state index is 12.3. The van der Waals surface area contributed by atoms with Crippen molar-refractivity contribution in [3.63, 3.8) is 0 Å². The van der Waals surface area contributed by atoms with Crippen molar-refractivity contribution in [1.29, 1.82) is 0 Å². The topological polar surface area (TPSA) is 71.7 Å². The molecule has 0 saturated carbocycles. The van der Waals surface area contributed by atoms with E-state index in [0.717, 1.165) is 0 Å². The maximum atomic E-state index is 12.3. The van der Waals surface area contributed by atoms with E-state index in [0.29, 0.717) is 5.69 Å². The largest absolute Gasteiger partial charge is 0.480 e. The van der Waals surface area contributed by atoms with E-state index in [-0.39, 0.29) is 17.3 Å². The quantitative estimate of drug-likeness (QED) is 0.903. The van der Waals surface area contributed by atoms with Gasteiger partial charge in [-0.3, -0.25) is 0 Å². The van der Waals surface area contributed by atoms with E-state index in [2.05, 4.69) is 15.4 Å². The van der Waals surface area contributed by atoms with Gasteiger partial charge in [-0.1, -0.05) is 0 Å². The predicted octanol–water partition coefficient (Wildman–Crippen LogP) is 1.94. The zero-order chi connectivity index (χ0) is 15.8. The number of pyridine rings is 1. The molecule has 21 heavy (non-hydrogen) atoms. The summed E-state index contributed by atoms with van der Waals surface area (Å²) in [5.41, 5.74) is -0.756. The number of halogens is 3. The molecule has 0 radical (unpaired) electrons.